The van der Waals surface area contributed by atoms with Crippen LogP contribution < -0.4 is 14.8 Å². The lowest BCUT2D eigenvalue weighted by Crippen LogP contribution is -2.55. The van der Waals surface area contributed by atoms with E-state index in [-0.39, 0.29) is 18.4 Å². The highest BCUT2D eigenvalue weighted by molar-refractivity contribution is 7.98. The maximum absolute atomic E-state index is 13.2. The molecular formula is C26H35N3O4S. The number of amides is 2. The van der Waals surface area contributed by atoms with Gasteiger partial charge in [0, 0.05) is 32.7 Å². The summed E-state index contributed by atoms with van der Waals surface area (Å²) >= 11 is 1.67. The van der Waals surface area contributed by atoms with Crippen molar-refractivity contribution in [2.24, 2.45) is 0 Å². The molecule has 2 aromatic carbocycles. The first-order valence-electron chi connectivity index (χ1n) is 11.8. The van der Waals surface area contributed by atoms with Crippen molar-refractivity contribution in [3.63, 3.8) is 0 Å². The summed E-state index contributed by atoms with van der Waals surface area (Å²) in [6.45, 7) is 6.29. The molecule has 0 aromatic heterocycles. The summed E-state index contributed by atoms with van der Waals surface area (Å²) in [5.74, 6) is 2.02. The molecule has 1 fully saturated rings. The summed E-state index contributed by atoms with van der Waals surface area (Å²) in [7, 11) is 0. The van der Waals surface area contributed by atoms with E-state index in [4.69, 9.17) is 9.47 Å². The zero-order valence-electron chi connectivity index (χ0n) is 20.1. The van der Waals surface area contributed by atoms with Crippen LogP contribution >= 0.6 is 11.8 Å². The zero-order valence-corrected chi connectivity index (χ0v) is 20.9. The van der Waals surface area contributed by atoms with Gasteiger partial charge in [-0.1, -0.05) is 30.3 Å². The molecule has 1 aliphatic rings. The van der Waals surface area contributed by atoms with Crippen LogP contribution in [0.15, 0.2) is 54.6 Å². The highest BCUT2D eigenvalue weighted by Gasteiger charge is 2.28. The third-order valence-electron chi connectivity index (χ3n) is 5.68. The van der Waals surface area contributed by atoms with Crippen molar-refractivity contribution in [2.45, 2.75) is 25.9 Å². The van der Waals surface area contributed by atoms with Crippen molar-refractivity contribution in [3.05, 3.63) is 60.2 Å². The first kappa shape index (κ1) is 25.9. The van der Waals surface area contributed by atoms with Gasteiger partial charge in [0.1, 0.15) is 17.5 Å². The Morgan fingerprint density at radius 2 is 1.65 bits per heavy atom. The molecule has 1 N–H and O–H groups in total. The second-order valence-corrected chi connectivity index (χ2v) is 9.17. The van der Waals surface area contributed by atoms with E-state index in [1.165, 1.54) is 5.56 Å². The van der Waals surface area contributed by atoms with Gasteiger partial charge in [0.2, 0.25) is 5.91 Å². The van der Waals surface area contributed by atoms with Crippen molar-refractivity contribution >= 4 is 23.6 Å². The molecule has 1 saturated heterocycles. The minimum atomic E-state index is -0.531. The van der Waals surface area contributed by atoms with Crippen LogP contribution in [-0.2, 0) is 16.1 Å². The minimum Gasteiger partial charge on any atom is -0.494 e. The van der Waals surface area contributed by atoms with Crippen molar-refractivity contribution in [1.29, 1.82) is 0 Å². The molecule has 0 spiro atoms. The van der Waals surface area contributed by atoms with E-state index in [1.54, 1.807) is 23.9 Å². The molecular weight excluding hydrogens is 450 g/mol. The molecule has 8 heteroatoms. The Balaban J connectivity index is 1.47. The van der Waals surface area contributed by atoms with Gasteiger partial charge in [-0.05, 0) is 55.2 Å². The minimum absolute atomic E-state index is 0.0113. The van der Waals surface area contributed by atoms with Crippen molar-refractivity contribution in [1.82, 2.24) is 15.1 Å². The number of benzene rings is 2. The first-order valence-corrected chi connectivity index (χ1v) is 13.2. The van der Waals surface area contributed by atoms with Crippen LogP contribution in [0, 0.1) is 0 Å². The number of carbonyl (C=O) groups is 2. The van der Waals surface area contributed by atoms with E-state index in [0.717, 1.165) is 31.1 Å². The number of rotatable bonds is 12. The number of thioether (sulfide) groups is 1. The fraction of sp³-hybridized carbons (Fsp3) is 0.462. The molecule has 1 atom stereocenters. The summed E-state index contributed by atoms with van der Waals surface area (Å²) in [6.07, 6.45) is 2.60. The van der Waals surface area contributed by atoms with Gasteiger partial charge < -0.3 is 19.7 Å². The molecule has 34 heavy (non-hydrogen) atoms. The van der Waals surface area contributed by atoms with E-state index in [1.807, 2.05) is 48.4 Å². The lowest BCUT2D eigenvalue weighted by molar-refractivity contribution is -0.138. The number of nitrogens with zero attached hydrogens (tertiary/aromatic N) is 2. The van der Waals surface area contributed by atoms with Crippen LogP contribution in [0.5, 0.6) is 11.5 Å². The van der Waals surface area contributed by atoms with Crippen LogP contribution in [0.2, 0.25) is 0 Å². The molecule has 1 unspecified atom stereocenters. The van der Waals surface area contributed by atoms with Gasteiger partial charge in [0.15, 0.2) is 6.61 Å². The monoisotopic (exact) mass is 485 g/mol. The molecule has 0 bridgehead atoms. The van der Waals surface area contributed by atoms with Crippen LogP contribution in [0.4, 0.5) is 0 Å². The summed E-state index contributed by atoms with van der Waals surface area (Å²) in [5.41, 5.74) is 1.23. The summed E-state index contributed by atoms with van der Waals surface area (Å²) in [5, 5.41) is 2.89. The molecule has 1 heterocycles. The number of hydrogen-bond acceptors (Lipinski definition) is 6. The van der Waals surface area contributed by atoms with Gasteiger partial charge in [-0.2, -0.15) is 11.8 Å². The van der Waals surface area contributed by atoms with Crippen molar-refractivity contribution in [3.8, 4) is 11.5 Å². The largest absolute Gasteiger partial charge is 0.494 e. The third-order valence-corrected chi connectivity index (χ3v) is 6.33. The lowest BCUT2D eigenvalue weighted by Gasteiger charge is -2.36. The maximum atomic E-state index is 13.2. The Morgan fingerprint density at radius 3 is 2.29 bits per heavy atom. The average molecular weight is 486 g/mol. The van der Waals surface area contributed by atoms with Crippen LogP contribution in [-0.4, -0.2) is 79.1 Å². The van der Waals surface area contributed by atoms with Gasteiger partial charge in [0.05, 0.1) is 6.61 Å². The third kappa shape index (κ3) is 8.25. The number of para-hydroxylation sites is 1. The van der Waals surface area contributed by atoms with Crippen LogP contribution in [0.3, 0.4) is 0 Å². The van der Waals surface area contributed by atoms with Crippen molar-refractivity contribution < 1.29 is 19.1 Å². The van der Waals surface area contributed by atoms with Gasteiger partial charge in [-0.25, -0.2) is 0 Å². The standard InChI is InChI=1S/C26H35N3O4S/c1-3-32-23-11-9-21(10-12-23)19-28-14-16-29(17-15-28)26(31)24(13-18-34-2)27-25(30)20-33-22-7-5-4-6-8-22/h4-12,24H,3,13-20H2,1-2H3,(H,27,30). The molecule has 0 saturated carbocycles. The van der Waals surface area contributed by atoms with Gasteiger partial charge in [-0.15, -0.1) is 0 Å². The number of ether oxygens (including phenoxy) is 2. The van der Waals surface area contributed by atoms with Gasteiger partial charge in [0.25, 0.3) is 5.91 Å². The molecule has 2 aromatic rings. The van der Waals surface area contributed by atoms with E-state index >= 15 is 0 Å². The highest BCUT2D eigenvalue weighted by atomic mass is 32.2. The second-order valence-electron chi connectivity index (χ2n) is 8.18. The predicted octanol–water partition coefficient (Wildman–Crippen LogP) is 3.05. The topological polar surface area (TPSA) is 71.1 Å². The average Bonchev–Trinajstić information content (AvgIpc) is 2.87. The van der Waals surface area contributed by atoms with E-state index in [0.29, 0.717) is 31.9 Å². The second kappa shape index (κ2) is 13.9. The van der Waals surface area contributed by atoms with E-state index in [2.05, 4.69) is 22.3 Å². The van der Waals surface area contributed by atoms with E-state index < -0.39 is 6.04 Å². The SMILES string of the molecule is CCOc1ccc(CN2CCN(C(=O)C(CCSC)NC(=O)COc3ccccc3)CC2)cc1. The summed E-state index contributed by atoms with van der Waals surface area (Å²) in [4.78, 5) is 29.9. The van der Waals surface area contributed by atoms with Crippen molar-refractivity contribution in [2.75, 3.05) is 51.4 Å². The lowest BCUT2D eigenvalue weighted by atomic mass is 10.1. The Bertz CT molecular complexity index is 887. The number of carbonyl (C=O) groups excluding carboxylic acids is 2. The predicted molar refractivity (Wildman–Crippen MR) is 136 cm³/mol. The molecule has 184 valence electrons. The fourth-order valence-electron chi connectivity index (χ4n) is 3.86. The Kier molecular flexibility index (Phi) is 10.6. The molecule has 7 nitrogen and oxygen atoms in total. The number of nitrogens with one attached hydrogen (secondary N) is 1. The number of piperazine rings is 1. The normalized spacial score (nSPS) is 14.9. The maximum Gasteiger partial charge on any atom is 0.258 e. The Morgan fingerprint density at radius 1 is 0.971 bits per heavy atom. The summed E-state index contributed by atoms with van der Waals surface area (Å²) < 4.78 is 11.0. The first-order chi connectivity index (χ1) is 16.6. The molecule has 1 aliphatic heterocycles. The fourth-order valence-corrected chi connectivity index (χ4v) is 4.33. The highest BCUT2D eigenvalue weighted by Crippen LogP contribution is 2.15. The smallest absolute Gasteiger partial charge is 0.258 e. The summed E-state index contributed by atoms with van der Waals surface area (Å²) in [6, 6.07) is 16.9. The van der Waals surface area contributed by atoms with Gasteiger partial charge >= 0.3 is 0 Å². The molecule has 3 rings (SSSR count). The Hall–Kier alpha value is -2.71. The zero-order chi connectivity index (χ0) is 24.2. The molecule has 0 radical (unpaired) electrons. The van der Waals surface area contributed by atoms with Crippen LogP contribution in [0.1, 0.15) is 18.9 Å². The van der Waals surface area contributed by atoms with Gasteiger partial charge in [-0.3, -0.25) is 14.5 Å². The molecule has 0 aliphatic carbocycles. The van der Waals surface area contributed by atoms with Crippen LogP contribution in [0.25, 0.3) is 0 Å². The Labute approximate surface area is 206 Å². The number of hydrogen-bond donors (Lipinski definition) is 1. The van der Waals surface area contributed by atoms with E-state index in [9.17, 15) is 9.59 Å². The quantitative estimate of drug-likeness (QED) is 0.498. The molecule has 2 amide bonds.